The lowest BCUT2D eigenvalue weighted by atomic mass is 10.0. The van der Waals surface area contributed by atoms with Gasteiger partial charge in [0.15, 0.2) is 0 Å². The molecule has 0 spiro atoms. The second-order valence-corrected chi connectivity index (χ2v) is 6.11. The van der Waals surface area contributed by atoms with Crippen LogP contribution < -0.4 is 11.1 Å². The number of hydrogen-bond acceptors (Lipinski definition) is 2. The van der Waals surface area contributed by atoms with Gasteiger partial charge in [-0.15, -0.1) is 0 Å². The molecule has 24 heavy (non-hydrogen) atoms. The number of carbonyl (C=O) groups excluding carboxylic acids is 2. The van der Waals surface area contributed by atoms with Crippen molar-refractivity contribution in [3.8, 4) is 0 Å². The van der Waals surface area contributed by atoms with Crippen LogP contribution in [0.1, 0.15) is 11.1 Å². The third kappa shape index (κ3) is 5.22. The molecule has 0 heterocycles. The van der Waals surface area contributed by atoms with Crippen molar-refractivity contribution in [1.29, 1.82) is 0 Å². The third-order valence-electron chi connectivity index (χ3n) is 3.40. The Labute approximate surface area is 148 Å². The monoisotopic (exact) mass is 368 g/mol. The number of amides is 2. The van der Waals surface area contributed by atoms with Crippen LogP contribution in [-0.2, 0) is 22.4 Å². The average molecular weight is 369 g/mol. The van der Waals surface area contributed by atoms with Crippen molar-refractivity contribution >= 4 is 35.0 Å². The lowest BCUT2D eigenvalue weighted by Crippen LogP contribution is -2.46. The topological polar surface area (TPSA) is 72.2 Å². The van der Waals surface area contributed by atoms with Gasteiger partial charge in [0.25, 0.3) is 0 Å². The summed E-state index contributed by atoms with van der Waals surface area (Å²) in [6.07, 6.45) is 0.166. The summed E-state index contributed by atoms with van der Waals surface area (Å²) in [5, 5.41) is 3.43. The number of hydrogen-bond donors (Lipinski definition) is 2. The van der Waals surface area contributed by atoms with Gasteiger partial charge in [0.1, 0.15) is 11.9 Å². The van der Waals surface area contributed by atoms with E-state index < -0.39 is 17.9 Å². The molecule has 0 fully saturated rings. The van der Waals surface area contributed by atoms with E-state index in [1.165, 1.54) is 24.3 Å². The molecule has 2 aromatic rings. The van der Waals surface area contributed by atoms with E-state index in [0.29, 0.717) is 21.2 Å². The molecule has 7 heteroatoms. The van der Waals surface area contributed by atoms with E-state index in [-0.39, 0.29) is 18.7 Å². The zero-order valence-electron chi connectivity index (χ0n) is 12.6. The minimum absolute atomic E-state index is 0.0123. The van der Waals surface area contributed by atoms with Crippen LogP contribution in [0, 0.1) is 5.82 Å². The van der Waals surface area contributed by atoms with E-state index in [1.807, 2.05) is 0 Å². The molecular formula is C17H15Cl2FN2O2. The van der Waals surface area contributed by atoms with Gasteiger partial charge in [0.05, 0.1) is 6.42 Å². The number of halogens is 3. The van der Waals surface area contributed by atoms with E-state index in [0.717, 1.165) is 0 Å². The van der Waals surface area contributed by atoms with Crippen LogP contribution in [0.2, 0.25) is 10.0 Å². The lowest BCUT2D eigenvalue weighted by molar-refractivity contribution is -0.127. The van der Waals surface area contributed by atoms with Crippen molar-refractivity contribution in [3.05, 3.63) is 69.5 Å². The fourth-order valence-corrected chi connectivity index (χ4v) is 2.65. The number of primary amides is 1. The predicted octanol–water partition coefficient (Wildman–Crippen LogP) is 2.89. The van der Waals surface area contributed by atoms with Gasteiger partial charge >= 0.3 is 0 Å². The van der Waals surface area contributed by atoms with Gasteiger partial charge in [-0.05, 0) is 35.4 Å². The first-order valence-electron chi connectivity index (χ1n) is 7.12. The molecular weight excluding hydrogens is 354 g/mol. The highest BCUT2D eigenvalue weighted by Gasteiger charge is 2.20. The smallest absolute Gasteiger partial charge is 0.240 e. The first kappa shape index (κ1) is 18.2. The quantitative estimate of drug-likeness (QED) is 0.822. The average Bonchev–Trinajstić information content (AvgIpc) is 2.51. The second-order valence-electron chi connectivity index (χ2n) is 5.27. The third-order valence-corrected chi connectivity index (χ3v) is 3.98. The maximum atomic E-state index is 12.9. The molecule has 1 atom stereocenters. The lowest BCUT2D eigenvalue weighted by Gasteiger charge is -2.16. The molecule has 2 rings (SSSR count). The minimum atomic E-state index is -0.906. The van der Waals surface area contributed by atoms with Crippen LogP contribution in [0.25, 0.3) is 0 Å². The Hall–Kier alpha value is -2.11. The molecule has 0 bridgehead atoms. The number of nitrogens with one attached hydrogen (secondary N) is 1. The summed E-state index contributed by atoms with van der Waals surface area (Å²) in [4.78, 5) is 23.7. The maximum Gasteiger partial charge on any atom is 0.240 e. The van der Waals surface area contributed by atoms with Gasteiger partial charge in [0, 0.05) is 16.5 Å². The molecule has 0 unspecified atom stereocenters. The maximum absolute atomic E-state index is 12.9. The van der Waals surface area contributed by atoms with E-state index >= 15 is 0 Å². The van der Waals surface area contributed by atoms with Crippen LogP contribution in [0.4, 0.5) is 4.39 Å². The Bertz CT molecular complexity index is 751. The molecule has 4 nitrogen and oxygen atoms in total. The number of benzene rings is 2. The summed E-state index contributed by atoms with van der Waals surface area (Å²) in [6.45, 7) is 0. The standard InChI is InChI=1S/C17H15Cl2FN2O2/c18-12-4-3-11(14(19)9-12)8-15(17(21)24)22-16(23)7-10-1-5-13(20)6-2-10/h1-6,9,15H,7-8H2,(H2,21,24)(H,22,23)/t15-/m0/s1. The fourth-order valence-electron chi connectivity index (χ4n) is 2.16. The van der Waals surface area contributed by atoms with Crippen LogP contribution in [0.15, 0.2) is 42.5 Å². The van der Waals surface area contributed by atoms with Crippen LogP contribution in [-0.4, -0.2) is 17.9 Å². The summed E-state index contributed by atoms with van der Waals surface area (Å²) in [5.74, 6) is -1.45. The zero-order valence-corrected chi connectivity index (χ0v) is 14.1. The van der Waals surface area contributed by atoms with Gasteiger partial charge < -0.3 is 11.1 Å². The largest absolute Gasteiger partial charge is 0.368 e. The Kier molecular flexibility index (Phi) is 6.17. The summed E-state index contributed by atoms with van der Waals surface area (Å²) >= 11 is 11.9. The molecule has 0 saturated carbocycles. The van der Waals surface area contributed by atoms with Crippen molar-refractivity contribution in [2.75, 3.05) is 0 Å². The molecule has 2 aromatic carbocycles. The number of rotatable bonds is 6. The highest BCUT2D eigenvalue weighted by atomic mass is 35.5. The summed E-state index contributed by atoms with van der Waals surface area (Å²) < 4.78 is 12.9. The van der Waals surface area contributed by atoms with E-state index in [2.05, 4.69) is 5.32 Å². The van der Waals surface area contributed by atoms with Gasteiger partial charge in [0.2, 0.25) is 11.8 Å². The molecule has 126 valence electrons. The van der Waals surface area contributed by atoms with Crippen molar-refractivity contribution in [2.24, 2.45) is 5.73 Å². The first-order valence-corrected chi connectivity index (χ1v) is 7.88. The normalized spacial score (nSPS) is 11.8. The summed E-state index contributed by atoms with van der Waals surface area (Å²) in [6, 6.07) is 9.50. The van der Waals surface area contributed by atoms with Crippen molar-refractivity contribution < 1.29 is 14.0 Å². The SMILES string of the molecule is NC(=O)[C@H](Cc1ccc(Cl)cc1Cl)NC(=O)Cc1ccc(F)cc1. The fraction of sp³-hybridized carbons (Fsp3) is 0.176. The van der Waals surface area contributed by atoms with Gasteiger partial charge in [-0.25, -0.2) is 4.39 Å². The Morgan fingerprint density at radius 1 is 1.12 bits per heavy atom. The summed E-state index contributed by atoms with van der Waals surface area (Å²) in [7, 11) is 0. The molecule has 0 aromatic heterocycles. The van der Waals surface area contributed by atoms with Crippen LogP contribution in [0.5, 0.6) is 0 Å². The Balaban J connectivity index is 2.03. The highest BCUT2D eigenvalue weighted by molar-refractivity contribution is 6.35. The second kappa shape index (κ2) is 8.13. The number of carbonyl (C=O) groups is 2. The molecule has 0 radical (unpaired) electrons. The van der Waals surface area contributed by atoms with Crippen molar-refractivity contribution in [2.45, 2.75) is 18.9 Å². The van der Waals surface area contributed by atoms with Gasteiger partial charge in [-0.1, -0.05) is 41.4 Å². The molecule has 2 amide bonds. The van der Waals surface area contributed by atoms with Gasteiger partial charge in [-0.3, -0.25) is 9.59 Å². The summed E-state index contributed by atoms with van der Waals surface area (Å²) in [5.41, 5.74) is 6.63. The van der Waals surface area contributed by atoms with Crippen molar-refractivity contribution in [1.82, 2.24) is 5.32 Å². The Morgan fingerprint density at radius 2 is 1.79 bits per heavy atom. The minimum Gasteiger partial charge on any atom is -0.368 e. The predicted molar refractivity (Wildman–Crippen MR) is 91.4 cm³/mol. The molecule has 0 aliphatic heterocycles. The highest BCUT2D eigenvalue weighted by Crippen LogP contribution is 2.22. The van der Waals surface area contributed by atoms with E-state index in [4.69, 9.17) is 28.9 Å². The molecule has 0 aliphatic carbocycles. The van der Waals surface area contributed by atoms with Crippen LogP contribution in [0.3, 0.4) is 0 Å². The van der Waals surface area contributed by atoms with E-state index in [1.54, 1.807) is 18.2 Å². The number of nitrogens with two attached hydrogens (primary N) is 1. The molecule has 0 aliphatic rings. The van der Waals surface area contributed by atoms with Crippen LogP contribution >= 0.6 is 23.2 Å². The molecule has 3 N–H and O–H groups in total. The zero-order chi connectivity index (χ0) is 17.7. The first-order chi connectivity index (χ1) is 11.3. The molecule has 0 saturated heterocycles. The Morgan fingerprint density at radius 3 is 2.38 bits per heavy atom. The van der Waals surface area contributed by atoms with E-state index in [9.17, 15) is 14.0 Å². The van der Waals surface area contributed by atoms with Gasteiger partial charge in [-0.2, -0.15) is 0 Å². The van der Waals surface area contributed by atoms with Crippen molar-refractivity contribution in [3.63, 3.8) is 0 Å².